The highest BCUT2D eigenvalue weighted by Crippen LogP contribution is 2.65. The summed E-state index contributed by atoms with van der Waals surface area (Å²) in [6.45, 7) is 3.79. The Hall–Kier alpha value is -6.24. The second-order valence-electron chi connectivity index (χ2n) is 16.3. The maximum absolute atomic E-state index is 15.3. The summed E-state index contributed by atoms with van der Waals surface area (Å²) in [5, 5.41) is 21.4. The van der Waals surface area contributed by atoms with E-state index in [1.54, 1.807) is 66.4 Å². The van der Waals surface area contributed by atoms with E-state index in [9.17, 15) is 14.7 Å². The molecule has 13 heteroatoms. The average molecular weight is 838 g/mol. The molecule has 6 unspecified atom stereocenters. The number of phenolic OH excluding ortho intramolecular Hbond substituents is 1. The number of nitrogens with one attached hydrogen (secondary N) is 1. The quantitative estimate of drug-likeness (QED) is 0.120. The maximum atomic E-state index is 15.3. The van der Waals surface area contributed by atoms with Crippen molar-refractivity contribution < 1.29 is 29.0 Å². The minimum Gasteiger partial charge on any atom is -0.508 e. The first-order chi connectivity index (χ1) is 28.9. The van der Waals surface area contributed by atoms with Crippen molar-refractivity contribution in [3.05, 3.63) is 125 Å². The number of aromatic nitrogens is 2. The van der Waals surface area contributed by atoms with Crippen LogP contribution in [0.4, 0.5) is 22.9 Å². The molecule has 11 nitrogen and oxygen atoms in total. The summed E-state index contributed by atoms with van der Waals surface area (Å²) in [5.41, 5.74) is 3.47. The van der Waals surface area contributed by atoms with E-state index in [1.165, 1.54) is 16.9 Å². The number of allylic oxidation sites excluding steroid dienone is 2. The molecule has 4 aliphatic rings. The van der Waals surface area contributed by atoms with Gasteiger partial charge in [-0.15, -0.1) is 11.3 Å². The van der Waals surface area contributed by atoms with Gasteiger partial charge >= 0.3 is 0 Å². The van der Waals surface area contributed by atoms with Crippen LogP contribution in [-0.2, 0) is 26.2 Å². The van der Waals surface area contributed by atoms with Crippen molar-refractivity contribution in [2.75, 3.05) is 22.2 Å². The minimum atomic E-state index is -1.40. The Kier molecular flexibility index (Phi) is 8.82. The molecule has 2 saturated heterocycles. The molecular formula is C47H40ClN5O6S. The number of carbonyl (C=O) groups is 4. The molecule has 0 spiro atoms. The predicted octanol–water partition coefficient (Wildman–Crippen LogP) is 9.16. The Bertz CT molecular complexity index is 2830. The first-order valence-corrected chi connectivity index (χ1v) is 21.1. The molecule has 0 radical (unpaired) electrons. The van der Waals surface area contributed by atoms with E-state index in [-0.39, 0.29) is 30.4 Å². The number of carbonyl (C=O) groups excluding carboxylic acids is 4. The number of aromatic hydroxyl groups is 1. The number of anilines is 4. The zero-order chi connectivity index (χ0) is 41.8. The van der Waals surface area contributed by atoms with Crippen molar-refractivity contribution >= 4 is 79.5 Å². The van der Waals surface area contributed by atoms with Crippen LogP contribution < -0.4 is 19.9 Å². The summed E-state index contributed by atoms with van der Waals surface area (Å²) < 4.78 is 8.43. The summed E-state index contributed by atoms with van der Waals surface area (Å²) in [5.74, 6) is -4.73. The largest absolute Gasteiger partial charge is 0.508 e. The third-order valence-electron chi connectivity index (χ3n) is 13.2. The van der Waals surface area contributed by atoms with E-state index in [1.807, 2.05) is 73.7 Å². The zero-order valence-electron chi connectivity index (χ0n) is 33.2. The Morgan fingerprint density at radius 3 is 2.38 bits per heavy atom. The highest BCUT2D eigenvalue weighted by atomic mass is 35.5. The number of aryl methyl sites for hydroxylation is 2. The molecule has 6 aromatic rings. The fourth-order valence-corrected chi connectivity index (χ4v) is 11.7. The molecule has 2 aliphatic carbocycles. The minimum absolute atomic E-state index is 0.0930. The average Bonchev–Trinajstić information content (AvgIpc) is 3.92. The summed E-state index contributed by atoms with van der Waals surface area (Å²) >= 11 is 7.90. The molecule has 0 bridgehead atoms. The number of benzene rings is 4. The highest BCUT2D eigenvalue weighted by Gasteiger charge is 2.68. The van der Waals surface area contributed by atoms with E-state index in [4.69, 9.17) is 21.4 Å². The number of thiophene rings is 1. The lowest BCUT2D eigenvalue weighted by molar-refractivity contribution is -0.131. The van der Waals surface area contributed by atoms with Gasteiger partial charge in [-0.3, -0.25) is 28.8 Å². The summed E-state index contributed by atoms with van der Waals surface area (Å²) in [6, 6.07) is 29.3. The number of fused-ring (bicyclic) bond motifs is 5. The number of hydrogen-bond donors (Lipinski definition) is 2. The monoisotopic (exact) mass is 837 g/mol. The van der Waals surface area contributed by atoms with Gasteiger partial charge in [-0.2, -0.15) is 5.10 Å². The number of methoxy groups -OCH3 is 1. The second-order valence-corrected chi connectivity index (χ2v) is 17.8. The standard InChI is InChI=1S/C47H40ClN5O6S/c1-24-31-21-25(48)13-20-37(31)60-42(24)34-23-38(51(3)50-34)53-44(56)33-22-32-29(41(47(33,2)46(53)58)40-35(54)11-8-12-36(40)59-4)18-19-30-39(32)45(57)52(43(30)55)28-16-14-27(15-17-28)49-26-9-6-5-7-10-26/h5-18,20-21,23,30,32-33,39,41,49,54H,19,22H2,1-4H3. The van der Waals surface area contributed by atoms with Gasteiger partial charge in [0.1, 0.15) is 23.0 Å². The molecule has 302 valence electrons. The Morgan fingerprint density at radius 1 is 0.883 bits per heavy atom. The lowest BCUT2D eigenvalue weighted by Crippen LogP contribution is -2.49. The van der Waals surface area contributed by atoms with E-state index in [0.29, 0.717) is 33.5 Å². The number of ether oxygens (including phenoxy) is 1. The molecule has 2 aromatic heterocycles. The van der Waals surface area contributed by atoms with Crippen molar-refractivity contribution in [3.63, 3.8) is 0 Å². The molecule has 4 aromatic carbocycles. The number of para-hydroxylation sites is 1. The molecule has 3 fully saturated rings. The maximum Gasteiger partial charge on any atom is 0.242 e. The molecule has 6 atom stereocenters. The number of imide groups is 2. The number of nitrogens with zero attached hydrogens (tertiary/aromatic N) is 4. The third-order valence-corrected chi connectivity index (χ3v) is 14.8. The number of phenols is 1. The van der Waals surface area contributed by atoms with E-state index >= 15 is 9.59 Å². The van der Waals surface area contributed by atoms with Crippen molar-refractivity contribution in [2.24, 2.45) is 36.1 Å². The molecular weight excluding hydrogens is 798 g/mol. The molecule has 60 heavy (non-hydrogen) atoms. The first kappa shape index (κ1) is 38.0. The fraction of sp³-hybridized carbons (Fsp3) is 0.255. The van der Waals surface area contributed by atoms with E-state index in [2.05, 4.69) is 5.32 Å². The normalized spacial score (nSPS) is 24.8. The lowest BCUT2D eigenvalue weighted by Gasteiger charge is -2.49. The van der Waals surface area contributed by atoms with Crippen LogP contribution in [-0.4, -0.2) is 45.6 Å². The predicted molar refractivity (Wildman–Crippen MR) is 232 cm³/mol. The highest BCUT2D eigenvalue weighted by molar-refractivity contribution is 7.22. The molecule has 10 rings (SSSR count). The number of hydrogen-bond acceptors (Lipinski definition) is 9. The zero-order valence-corrected chi connectivity index (χ0v) is 34.8. The van der Waals surface area contributed by atoms with Crippen LogP contribution in [0, 0.1) is 36.0 Å². The van der Waals surface area contributed by atoms with Gasteiger partial charge in [0.15, 0.2) is 0 Å². The fourth-order valence-electron chi connectivity index (χ4n) is 10.4. The van der Waals surface area contributed by atoms with Crippen LogP contribution in [0.5, 0.6) is 11.5 Å². The van der Waals surface area contributed by atoms with Crippen LogP contribution >= 0.6 is 22.9 Å². The summed E-state index contributed by atoms with van der Waals surface area (Å²) in [4.78, 5) is 62.7. The molecule has 2 N–H and O–H groups in total. The van der Waals surface area contributed by atoms with Gasteiger partial charge in [0.2, 0.25) is 23.6 Å². The van der Waals surface area contributed by atoms with Crippen LogP contribution in [0.15, 0.2) is 109 Å². The van der Waals surface area contributed by atoms with Crippen molar-refractivity contribution in [1.82, 2.24) is 9.78 Å². The van der Waals surface area contributed by atoms with E-state index in [0.717, 1.165) is 37.5 Å². The van der Waals surface area contributed by atoms with Crippen LogP contribution in [0.3, 0.4) is 0 Å². The number of amides is 4. The smallest absolute Gasteiger partial charge is 0.242 e. The van der Waals surface area contributed by atoms with Crippen molar-refractivity contribution in [1.29, 1.82) is 0 Å². The van der Waals surface area contributed by atoms with Gasteiger partial charge in [0, 0.05) is 45.7 Å². The van der Waals surface area contributed by atoms with E-state index < -0.39 is 46.8 Å². The molecule has 4 heterocycles. The Morgan fingerprint density at radius 2 is 1.63 bits per heavy atom. The SMILES string of the molecule is COc1cccc(O)c1C1C2=CCC3C(=O)N(c4ccc(Nc5ccccc5)cc4)C(=O)C3C2CC2C(=O)N(c3cc(-c4sc5ccc(Cl)cc5c4C)nn3C)C(=O)C21C. The molecule has 4 amide bonds. The van der Waals surface area contributed by atoms with Gasteiger partial charge < -0.3 is 15.2 Å². The molecule has 2 aliphatic heterocycles. The Balaban J connectivity index is 1.04. The third kappa shape index (κ3) is 5.50. The van der Waals surface area contributed by atoms with Crippen LogP contribution in [0.25, 0.3) is 20.7 Å². The van der Waals surface area contributed by atoms with Crippen LogP contribution in [0.1, 0.15) is 36.8 Å². The topological polar surface area (TPSA) is 134 Å². The van der Waals surface area contributed by atoms with Crippen molar-refractivity contribution in [3.8, 4) is 22.1 Å². The van der Waals surface area contributed by atoms with Crippen LogP contribution in [0.2, 0.25) is 5.02 Å². The lowest BCUT2D eigenvalue weighted by atomic mass is 9.51. The van der Waals surface area contributed by atoms with Gasteiger partial charge in [-0.1, -0.05) is 47.5 Å². The van der Waals surface area contributed by atoms with Gasteiger partial charge in [0.05, 0.1) is 40.8 Å². The van der Waals surface area contributed by atoms with Gasteiger partial charge in [-0.25, -0.2) is 4.90 Å². The summed E-state index contributed by atoms with van der Waals surface area (Å²) in [7, 11) is 3.21. The first-order valence-electron chi connectivity index (χ1n) is 19.9. The number of halogens is 1. The number of rotatable bonds is 7. The summed E-state index contributed by atoms with van der Waals surface area (Å²) in [6.07, 6.45) is 2.38. The Labute approximate surface area is 354 Å². The van der Waals surface area contributed by atoms with Crippen molar-refractivity contribution in [2.45, 2.75) is 32.6 Å². The van der Waals surface area contributed by atoms with Gasteiger partial charge in [-0.05, 0) is 110 Å². The molecule has 1 saturated carbocycles. The van der Waals surface area contributed by atoms with Gasteiger partial charge in [0.25, 0.3) is 0 Å². The second kappa shape index (κ2) is 13.9.